The number of ether oxygens (including phenoxy) is 1. The number of rotatable bonds is 4. The van der Waals surface area contributed by atoms with Gasteiger partial charge in [0.2, 0.25) is 11.0 Å². The Labute approximate surface area is 127 Å². The molecule has 1 N–H and O–H groups in total. The monoisotopic (exact) mass is 358 g/mol. The van der Waals surface area contributed by atoms with Crippen LogP contribution < -0.4 is 10.1 Å². The van der Waals surface area contributed by atoms with Gasteiger partial charge in [-0.05, 0) is 12.1 Å². The van der Waals surface area contributed by atoms with Crippen molar-refractivity contribution in [1.29, 1.82) is 0 Å². The number of nitro groups is 1. The van der Waals surface area contributed by atoms with Gasteiger partial charge in [0.25, 0.3) is 0 Å². The molecule has 0 atom stereocenters. The summed E-state index contributed by atoms with van der Waals surface area (Å²) in [6.45, 7) is 0. The second kappa shape index (κ2) is 6.02. The predicted octanol–water partition coefficient (Wildman–Crippen LogP) is 3.55. The van der Waals surface area contributed by atoms with E-state index in [0.717, 1.165) is 10.8 Å². The molecule has 0 bridgehead atoms. The van der Waals surface area contributed by atoms with Crippen LogP contribution in [-0.2, 0) is 0 Å². The number of benzene rings is 1. The van der Waals surface area contributed by atoms with E-state index >= 15 is 0 Å². The van der Waals surface area contributed by atoms with Crippen molar-refractivity contribution in [2.24, 2.45) is 0 Å². The number of halogens is 2. The van der Waals surface area contributed by atoms with Crippen molar-refractivity contribution in [3.05, 3.63) is 44.3 Å². The number of nitrogens with one attached hydrogen (secondary N) is 1. The standard InChI is InChI=1S/C11H8BrClN4O3/c1-20-8-3-6(12)2-7(4-8)16-11-9(17(18)19)10(13)14-5-15-11/h2-5H,1H3,(H,14,15,16). The molecule has 0 fully saturated rings. The fourth-order valence-corrected chi connectivity index (χ4v) is 2.17. The Hall–Kier alpha value is -1.93. The molecule has 1 aromatic heterocycles. The van der Waals surface area contributed by atoms with Crippen LogP contribution in [0, 0.1) is 10.1 Å². The maximum absolute atomic E-state index is 11.0. The van der Waals surface area contributed by atoms with E-state index in [-0.39, 0.29) is 16.7 Å². The molecular formula is C11H8BrClN4O3. The molecule has 104 valence electrons. The maximum atomic E-state index is 11.0. The van der Waals surface area contributed by atoms with Gasteiger partial charge in [0.05, 0.1) is 12.0 Å². The minimum Gasteiger partial charge on any atom is -0.497 e. The van der Waals surface area contributed by atoms with E-state index in [0.29, 0.717) is 11.4 Å². The average Bonchev–Trinajstić information content (AvgIpc) is 2.37. The minimum absolute atomic E-state index is 0.00940. The van der Waals surface area contributed by atoms with Crippen LogP contribution in [0.25, 0.3) is 0 Å². The van der Waals surface area contributed by atoms with Gasteiger partial charge in [0.15, 0.2) is 0 Å². The van der Waals surface area contributed by atoms with E-state index in [1.165, 1.54) is 7.11 Å². The van der Waals surface area contributed by atoms with Crippen molar-refractivity contribution in [2.45, 2.75) is 0 Å². The number of aromatic nitrogens is 2. The zero-order chi connectivity index (χ0) is 14.7. The second-order valence-corrected chi connectivity index (χ2v) is 4.90. The Morgan fingerprint density at radius 2 is 2.15 bits per heavy atom. The molecule has 0 radical (unpaired) electrons. The van der Waals surface area contributed by atoms with Gasteiger partial charge in [0.1, 0.15) is 12.1 Å². The summed E-state index contributed by atoms with van der Waals surface area (Å²) < 4.78 is 5.86. The summed E-state index contributed by atoms with van der Waals surface area (Å²) in [5.41, 5.74) is 0.183. The van der Waals surface area contributed by atoms with E-state index in [1.807, 2.05) is 0 Å². The summed E-state index contributed by atoms with van der Waals surface area (Å²) in [7, 11) is 1.52. The van der Waals surface area contributed by atoms with Gasteiger partial charge in [0, 0.05) is 16.2 Å². The second-order valence-electron chi connectivity index (χ2n) is 3.62. The van der Waals surface area contributed by atoms with Crippen molar-refractivity contribution in [1.82, 2.24) is 9.97 Å². The van der Waals surface area contributed by atoms with Gasteiger partial charge >= 0.3 is 5.69 Å². The van der Waals surface area contributed by atoms with Crippen molar-refractivity contribution in [2.75, 3.05) is 12.4 Å². The molecule has 0 amide bonds. The van der Waals surface area contributed by atoms with Crippen LogP contribution in [0.3, 0.4) is 0 Å². The first-order valence-electron chi connectivity index (χ1n) is 5.27. The van der Waals surface area contributed by atoms with Gasteiger partial charge in [-0.15, -0.1) is 0 Å². The summed E-state index contributed by atoms with van der Waals surface area (Å²) >= 11 is 9.03. The molecular weight excluding hydrogens is 352 g/mol. The van der Waals surface area contributed by atoms with Crippen molar-refractivity contribution >= 4 is 44.7 Å². The van der Waals surface area contributed by atoms with E-state index in [4.69, 9.17) is 16.3 Å². The molecule has 0 unspecified atom stereocenters. The lowest BCUT2D eigenvalue weighted by atomic mass is 10.3. The molecule has 2 rings (SSSR count). The van der Waals surface area contributed by atoms with Crippen molar-refractivity contribution in [3.63, 3.8) is 0 Å². The lowest BCUT2D eigenvalue weighted by Crippen LogP contribution is -2.01. The topological polar surface area (TPSA) is 90.2 Å². The van der Waals surface area contributed by atoms with Crippen LogP contribution in [0.5, 0.6) is 5.75 Å². The molecule has 0 aliphatic rings. The third kappa shape index (κ3) is 3.14. The third-order valence-electron chi connectivity index (χ3n) is 2.33. The number of anilines is 2. The molecule has 0 aliphatic carbocycles. The average molecular weight is 360 g/mol. The molecule has 20 heavy (non-hydrogen) atoms. The first-order chi connectivity index (χ1) is 9.51. The minimum atomic E-state index is -0.639. The molecule has 0 saturated carbocycles. The summed E-state index contributed by atoms with van der Waals surface area (Å²) in [5.74, 6) is 0.597. The normalized spacial score (nSPS) is 10.2. The van der Waals surface area contributed by atoms with E-state index in [1.54, 1.807) is 18.2 Å². The number of hydrogen-bond acceptors (Lipinski definition) is 6. The molecule has 0 spiro atoms. The van der Waals surface area contributed by atoms with E-state index < -0.39 is 4.92 Å². The number of nitrogens with zero attached hydrogens (tertiary/aromatic N) is 3. The first kappa shape index (κ1) is 14.5. The summed E-state index contributed by atoms with van der Waals surface area (Å²) in [4.78, 5) is 17.8. The lowest BCUT2D eigenvalue weighted by Gasteiger charge is -2.08. The van der Waals surface area contributed by atoms with E-state index in [9.17, 15) is 10.1 Å². The molecule has 1 aromatic carbocycles. The Bertz CT molecular complexity index is 668. The highest BCUT2D eigenvalue weighted by molar-refractivity contribution is 9.10. The fraction of sp³-hybridized carbons (Fsp3) is 0.0909. The highest BCUT2D eigenvalue weighted by atomic mass is 79.9. The highest BCUT2D eigenvalue weighted by Crippen LogP contribution is 2.32. The largest absolute Gasteiger partial charge is 0.497 e. The number of methoxy groups -OCH3 is 1. The van der Waals surface area contributed by atoms with Crippen LogP contribution >= 0.6 is 27.5 Å². The Kier molecular flexibility index (Phi) is 4.35. The third-order valence-corrected chi connectivity index (χ3v) is 3.06. The van der Waals surface area contributed by atoms with Crippen LogP contribution in [0.4, 0.5) is 17.2 Å². The molecule has 1 heterocycles. The Morgan fingerprint density at radius 3 is 2.80 bits per heavy atom. The highest BCUT2D eigenvalue weighted by Gasteiger charge is 2.21. The maximum Gasteiger partial charge on any atom is 0.348 e. The smallest absolute Gasteiger partial charge is 0.348 e. The molecule has 0 saturated heterocycles. The molecule has 0 aliphatic heterocycles. The SMILES string of the molecule is COc1cc(Br)cc(Nc2ncnc(Cl)c2[N+](=O)[O-])c1. The summed E-state index contributed by atoms with van der Waals surface area (Å²) in [5, 5.41) is 13.6. The fourth-order valence-electron chi connectivity index (χ4n) is 1.50. The lowest BCUT2D eigenvalue weighted by molar-refractivity contribution is -0.384. The van der Waals surface area contributed by atoms with Gasteiger partial charge in [-0.25, -0.2) is 9.97 Å². The summed E-state index contributed by atoms with van der Waals surface area (Å²) in [6, 6.07) is 5.15. The predicted molar refractivity (Wildman–Crippen MR) is 77.7 cm³/mol. The zero-order valence-corrected chi connectivity index (χ0v) is 12.5. The van der Waals surface area contributed by atoms with Crippen molar-refractivity contribution < 1.29 is 9.66 Å². The van der Waals surface area contributed by atoms with Crippen LogP contribution in [-0.4, -0.2) is 22.0 Å². The number of hydrogen-bond donors (Lipinski definition) is 1. The molecule has 2 aromatic rings. The van der Waals surface area contributed by atoms with Gasteiger partial charge < -0.3 is 10.1 Å². The van der Waals surface area contributed by atoms with Gasteiger partial charge in [-0.1, -0.05) is 27.5 Å². The Morgan fingerprint density at radius 1 is 1.40 bits per heavy atom. The van der Waals surface area contributed by atoms with Crippen LogP contribution in [0.2, 0.25) is 5.15 Å². The first-order valence-corrected chi connectivity index (χ1v) is 6.45. The van der Waals surface area contributed by atoms with Crippen LogP contribution in [0.15, 0.2) is 29.0 Å². The van der Waals surface area contributed by atoms with E-state index in [2.05, 4.69) is 31.2 Å². The summed E-state index contributed by atoms with van der Waals surface area (Å²) in [6.07, 6.45) is 1.15. The zero-order valence-electron chi connectivity index (χ0n) is 10.1. The molecule has 7 nitrogen and oxygen atoms in total. The van der Waals surface area contributed by atoms with Crippen molar-refractivity contribution in [3.8, 4) is 5.75 Å². The molecule has 9 heteroatoms. The van der Waals surface area contributed by atoms with Gasteiger partial charge in [-0.2, -0.15) is 0 Å². The Balaban J connectivity index is 2.42. The quantitative estimate of drug-likeness (QED) is 0.510. The van der Waals surface area contributed by atoms with Gasteiger partial charge in [-0.3, -0.25) is 10.1 Å². The van der Waals surface area contributed by atoms with Crippen LogP contribution in [0.1, 0.15) is 0 Å².